The molecule has 0 spiro atoms. The molecule has 0 aliphatic carbocycles. The molecular weight excluding hydrogens is 374 g/mol. The summed E-state index contributed by atoms with van der Waals surface area (Å²) in [6.07, 6.45) is 1.77. The number of amidine groups is 1. The summed E-state index contributed by atoms with van der Waals surface area (Å²) in [6.45, 7) is 3.25. The van der Waals surface area contributed by atoms with Gasteiger partial charge in [0, 0.05) is 22.8 Å². The maximum absolute atomic E-state index is 11.2. The lowest BCUT2D eigenvalue weighted by Crippen LogP contribution is -2.44. The summed E-state index contributed by atoms with van der Waals surface area (Å²) in [7, 11) is 0. The molecule has 1 aliphatic rings. The summed E-state index contributed by atoms with van der Waals surface area (Å²) in [5.74, 6) is 0.573. The van der Waals surface area contributed by atoms with Gasteiger partial charge in [0.1, 0.15) is 0 Å². The van der Waals surface area contributed by atoms with E-state index >= 15 is 0 Å². The van der Waals surface area contributed by atoms with Crippen LogP contribution in [-0.2, 0) is 12.3 Å². The van der Waals surface area contributed by atoms with Gasteiger partial charge in [-0.05, 0) is 31.2 Å². The lowest BCUT2D eigenvalue weighted by Gasteiger charge is -2.33. The summed E-state index contributed by atoms with van der Waals surface area (Å²) in [5, 5.41) is 12.0. The fraction of sp³-hybridized carbons (Fsp3) is 0.294. The lowest BCUT2D eigenvalue weighted by atomic mass is 10.0. The fourth-order valence-electron chi connectivity index (χ4n) is 2.60. The monoisotopic (exact) mass is 391 g/mol. The molecule has 6 heteroatoms. The van der Waals surface area contributed by atoms with Gasteiger partial charge < -0.3 is 10.0 Å². The van der Waals surface area contributed by atoms with Crippen LogP contribution in [0, 0.1) is 0 Å². The Morgan fingerprint density at radius 2 is 2.09 bits per heavy atom. The van der Waals surface area contributed by atoms with Crippen molar-refractivity contribution in [2.75, 3.05) is 12.3 Å². The van der Waals surface area contributed by atoms with Gasteiger partial charge in [-0.25, -0.2) is 0 Å². The van der Waals surface area contributed by atoms with Crippen LogP contribution in [0.2, 0.25) is 0 Å². The molecule has 0 bridgehead atoms. The molecule has 0 amide bonds. The quantitative estimate of drug-likeness (QED) is 0.864. The van der Waals surface area contributed by atoms with E-state index in [9.17, 15) is 5.11 Å². The fourth-order valence-corrected chi connectivity index (χ4v) is 4.11. The van der Waals surface area contributed by atoms with Crippen LogP contribution in [-0.4, -0.2) is 32.5 Å². The van der Waals surface area contributed by atoms with Gasteiger partial charge in [0.2, 0.25) is 0 Å². The number of rotatable bonds is 4. The van der Waals surface area contributed by atoms with Crippen molar-refractivity contribution in [1.29, 1.82) is 0 Å². The van der Waals surface area contributed by atoms with Gasteiger partial charge in [-0.2, -0.15) is 0 Å². The van der Waals surface area contributed by atoms with Crippen molar-refractivity contribution < 1.29 is 5.11 Å². The van der Waals surface area contributed by atoms with Crippen molar-refractivity contribution >= 4 is 32.9 Å². The molecule has 1 N–H and O–H groups in total. The zero-order valence-corrected chi connectivity index (χ0v) is 15.2. The first-order valence-corrected chi connectivity index (χ1v) is 9.24. The van der Waals surface area contributed by atoms with Gasteiger partial charge in [-0.3, -0.25) is 9.98 Å². The average Bonchev–Trinajstić information content (AvgIpc) is 2.91. The predicted octanol–water partition coefficient (Wildman–Crippen LogP) is 3.61. The predicted molar refractivity (Wildman–Crippen MR) is 98.3 cm³/mol. The maximum atomic E-state index is 11.2. The first-order valence-electron chi connectivity index (χ1n) is 7.46. The normalized spacial score (nSPS) is 22.7. The molecule has 120 valence electrons. The number of aromatic nitrogens is 1. The Morgan fingerprint density at radius 1 is 1.30 bits per heavy atom. The van der Waals surface area contributed by atoms with Gasteiger partial charge in [-0.15, -0.1) is 0 Å². The molecule has 1 aromatic heterocycles. The summed E-state index contributed by atoms with van der Waals surface area (Å²) in [6, 6.07) is 13.6. The Balaban J connectivity index is 1.83. The third kappa shape index (κ3) is 3.44. The van der Waals surface area contributed by atoms with Crippen LogP contribution < -0.4 is 0 Å². The van der Waals surface area contributed by atoms with Gasteiger partial charge in [0.05, 0.1) is 18.0 Å². The highest BCUT2D eigenvalue weighted by molar-refractivity contribution is 9.10. The molecule has 0 radical (unpaired) electrons. The highest BCUT2D eigenvalue weighted by Gasteiger charge is 2.43. The minimum absolute atomic E-state index is 0.524. The van der Waals surface area contributed by atoms with Crippen molar-refractivity contribution in [2.24, 2.45) is 4.99 Å². The van der Waals surface area contributed by atoms with Crippen LogP contribution in [0.5, 0.6) is 0 Å². The zero-order valence-electron chi connectivity index (χ0n) is 12.8. The lowest BCUT2D eigenvalue weighted by molar-refractivity contribution is -0.0453. The highest BCUT2D eigenvalue weighted by atomic mass is 79.9. The standard InChI is InChI=1S/C17H18BrN3OS/c1-2-21-16(20-11-15-5-3-4-10-19-15)23-12-17(21,22)13-6-8-14(18)9-7-13/h3-10,22H,2,11-12H2,1H3. The number of thioether (sulfide) groups is 1. The maximum Gasteiger partial charge on any atom is 0.175 e. The average molecular weight is 392 g/mol. The summed E-state index contributed by atoms with van der Waals surface area (Å²) in [5.41, 5.74) is 0.803. The molecule has 1 aliphatic heterocycles. The summed E-state index contributed by atoms with van der Waals surface area (Å²) < 4.78 is 1.00. The van der Waals surface area contributed by atoms with E-state index in [0.717, 1.165) is 20.9 Å². The van der Waals surface area contributed by atoms with Crippen molar-refractivity contribution in [1.82, 2.24) is 9.88 Å². The number of nitrogens with zero attached hydrogens (tertiary/aromatic N) is 3. The van der Waals surface area contributed by atoms with Gasteiger partial charge in [-0.1, -0.05) is 45.9 Å². The Labute approximate surface area is 148 Å². The minimum atomic E-state index is -1.01. The molecule has 3 rings (SSSR count). The molecule has 4 nitrogen and oxygen atoms in total. The number of hydrogen-bond donors (Lipinski definition) is 1. The minimum Gasteiger partial charge on any atom is -0.366 e. The van der Waals surface area contributed by atoms with E-state index < -0.39 is 5.72 Å². The smallest absolute Gasteiger partial charge is 0.175 e. The van der Waals surface area contributed by atoms with E-state index in [1.54, 1.807) is 18.0 Å². The van der Waals surface area contributed by atoms with Crippen LogP contribution in [0.25, 0.3) is 0 Å². The van der Waals surface area contributed by atoms with E-state index in [0.29, 0.717) is 18.8 Å². The van der Waals surface area contributed by atoms with E-state index in [1.165, 1.54) is 0 Å². The number of halogens is 1. The largest absolute Gasteiger partial charge is 0.366 e. The molecular formula is C17H18BrN3OS. The van der Waals surface area contributed by atoms with Crippen molar-refractivity contribution in [3.8, 4) is 0 Å². The molecule has 1 saturated heterocycles. The molecule has 0 saturated carbocycles. The third-order valence-corrected chi connectivity index (χ3v) is 5.49. The highest BCUT2D eigenvalue weighted by Crippen LogP contribution is 2.39. The molecule has 1 fully saturated rings. The second-order valence-electron chi connectivity index (χ2n) is 5.28. The number of aliphatic hydroxyl groups is 1. The second-order valence-corrected chi connectivity index (χ2v) is 7.13. The number of benzene rings is 1. The molecule has 23 heavy (non-hydrogen) atoms. The van der Waals surface area contributed by atoms with Crippen molar-refractivity contribution in [2.45, 2.75) is 19.2 Å². The summed E-state index contributed by atoms with van der Waals surface area (Å²) in [4.78, 5) is 10.9. The zero-order chi connectivity index (χ0) is 16.3. The van der Waals surface area contributed by atoms with Crippen LogP contribution in [0.15, 0.2) is 58.1 Å². The van der Waals surface area contributed by atoms with Crippen LogP contribution in [0.1, 0.15) is 18.2 Å². The van der Waals surface area contributed by atoms with Gasteiger partial charge in [0.25, 0.3) is 0 Å². The second kappa shape index (κ2) is 7.03. The first kappa shape index (κ1) is 16.5. The molecule has 1 unspecified atom stereocenters. The van der Waals surface area contributed by atoms with E-state index in [-0.39, 0.29) is 0 Å². The topological polar surface area (TPSA) is 48.7 Å². The van der Waals surface area contributed by atoms with Crippen molar-refractivity contribution in [3.05, 3.63) is 64.4 Å². The van der Waals surface area contributed by atoms with Crippen LogP contribution >= 0.6 is 27.7 Å². The Kier molecular flexibility index (Phi) is 5.04. The van der Waals surface area contributed by atoms with Crippen LogP contribution in [0.4, 0.5) is 0 Å². The molecule has 1 atom stereocenters. The summed E-state index contributed by atoms with van der Waals surface area (Å²) >= 11 is 5.02. The Morgan fingerprint density at radius 3 is 2.74 bits per heavy atom. The number of hydrogen-bond acceptors (Lipinski definition) is 4. The first-order chi connectivity index (χ1) is 11.1. The SMILES string of the molecule is CCN1C(=NCc2ccccn2)SCC1(O)c1ccc(Br)cc1. The van der Waals surface area contributed by atoms with E-state index in [1.807, 2.05) is 54.3 Å². The van der Waals surface area contributed by atoms with Crippen molar-refractivity contribution in [3.63, 3.8) is 0 Å². The number of aliphatic imine (C=N–C) groups is 1. The third-order valence-electron chi connectivity index (χ3n) is 3.81. The van der Waals surface area contributed by atoms with Gasteiger partial charge >= 0.3 is 0 Å². The molecule has 2 heterocycles. The number of pyridine rings is 1. The Bertz CT molecular complexity index is 693. The molecule has 2 aromatic rings. The van der Waals surface area contributed by atoms with E-state index in [4.69, 9.17) is 0 Å². The van der Waals surface area contributed by atoms with Gasteiger partial charge in [0.15, 0.2) is 10.9 Å². The van der Waals surface area contributed by atoms with Crippen LogP contribution in [0.3, 0.4) is 0 Å². The van der Waals surface area contributed by atoms with E-state index in [2.05, 4.69) is 25.9 Å². The Hall–Kier alpha value is -1.37. The molecule has 1 aromatic carbocycles.